The van der Waals surface area contributed by atoms with Gasteiger partial charge in [0.1, 0.15) is 0 Å². The molecule has 1 aromatic rings. The number of benzene rings is 1. The second kappa shape index (κ2) is 12.3. The molecule has 1 spiro atoms. The van der Waals surface area contributed by atoms with Crippen LogP contribution in [0.15, 0.2) is 30.3 Å². The maximum atomic E-state index is 13.9. The molecule has 2 bridgehead atoms. The van der Waals surface area contributed by atoms with Crippen molar-refractivity contribution < 1.29 is 14.3 Å². The first-order chi connectivity index (χ1) is 19.9. The normalized spacial score (nSPS) is 34.3. The number of urea groups is 1. The molecule has 0 aromatic heterocycles. The third-order valence-electron chi connectivity index (χ3n) is 11.7. The third-order valence-corrected chi connectivity index (χ3v) is 11.7. The lowest BCUT2D eigenvalue weighted by molar-refractivity contribution is -0.134. The van der Waals surface area contributed by atoms with Crippen LogP contribution in [0.2, 0.25) is 0 Å². The summed E-state index contributed by atoms with van der Waals surface area (Å²) in [6.45, 7) is 9.67. The Morgan fingerprint density at radius 3 is 2.24 bits per heavy atom. The molecule has 3 amide bonds. The van der Waals surface area contributed by atoms with Crippen LogP contribution in [0.4, 0.5) is 4.79 Å². The van der Waals surface area contributed by atoms with E-state index in [1.807, 2.05) is 0 Å². The van der Waals surface area contributed by atoms with Gasteiger partial charge in [-0.1, -0.05) is 43.2 Å². The molecule has 7 rings (SSSR count). The van der Waals surface area contributed by atoms with Gasteiger partial charge in [0, 0.05) is 75.4 Å². The minimum Gasteiger partial charge on any atom is -0.381 e. The van der Waals surface area contributed by atoms with Gasteiger partial charge >= 0.3 is 6.03 Å². The molecule has 42 heavy (non-hydrogen) atoms. The van der Waals surface area contributed by atoms with Crippen LogP contribution in [-0.2, 0) is 9.53 Å². The summed E-state index contributed by atoms with van der Waals surface area (Å²) in [7, 11) is 0. The number of hydrogen-bond donors (Lipinski definition) is 0. The number of halogens is 1. The summed E-state index contributed by atoms with van der Waals surface area (Å²) in [6.07, 6.45) is 11.1. The highest BCUT2D eigenvalue weighted by Gasteiger charge is 2.59. The number of amides is 3. The van der Waals surface area contributed by atoms with Gasteiger partial charge in [0.15, 0.2) is 0 Å². The van der Waals surface area contributed by atoms with Crippen molar-refractivity contribution in [2.24, 2.45) is 11.8 Å². The first-order valence-electron chi connectivity index (χ1n) is 16.7. The highest BCUT2D eigenvalue weighted by molar-refractivity contribution is 5.85. The molecule has 7 nitrogen and oxygen atoms in total. The van der Waals surface area contributed by atoms with Gasteiger partial charge in [-0.05, 0) is 76.7 Å². The number of nitrogens with zero attached hydrogens (tertiary/aromatic N) is 4. The van der Waals surface area contributed by atoms with E-state index in [-0.39, 0.29) is 35.9 Å². The summed E-state index contributed by atoms with van der Waals surface area (Å²) >= 11 is 0. The van der Waals surface area contributed by atoms with Gasteiger partial charge in [0.05, 0.1) is 5.54 Å². The van der Waals surface area contributed by atoms with Crippen LogP contribution < -0.4 is 0 Å². The van der Waals surface area contributed by atoms with E-state index in [4.69, 9.17) is 4.74 Å². The Bertz CT molecular complexity index is 1090. The number of likely N-dealkylation sites (tertiary alicyclic amines) is 1. The van der Waals surface area contributed by atoms with Gasteiger partial charge in [-0.25, -0.2) is 4.79 Å². The lowest BCUT2D eigenvalue weighted by Gasteiger charge is -2.50. The number of fused-ring (bicyclic) bond motifs is 2. The van der Waals surface area contributed by atoms with Gasteiger partial charge in [-0.3, -0.25) is 9.69 Å². The Morgan fingerprint density at radius 1 is 0.929 bits per heavy atom. The molecule has 4 atom stereocenters. The minimum atomic E-state index is -0.0507. The lowest BCUT2D eigenvalue weighted by atomic mass is 9.80. The fourth-order valence-electron chi connectivity index (χ4n) is 9.91. The van der Waals surface area contributed by atoms with Crippen LogP contribution in [0.3, 0.4) is 0 Å². The molecule has 1 saturated carbocycles. The van der Waals surface area contributed by atoms with Crippen LogP contribution in [0.5, 0.6) is 0 Å². The maximum absolute atomic E-state index is 13.9. The molecule has 232 valence electrons. The molecular weight excluding hydrogens is 548 g/mol. The van der Waals surface area contributed by atoms with Gasteiger partial charge in [-0.15, -0.1) is 12.4 Å². The Labute approximate surface area is 258 Å². The van der Waals surface area contributed by atoms with E-state index in [1.54, 1.807) is 0 Å². The highest BCUT2D eigenvalue weighted by atomic mass is 35.5. The minimum absolute atomic E-state index is 0. The molecular formula is C34H51ClN4O3. The number of hydrogen-bond acceptors (Lipinski definition) is 4. The summed E-state index contributed by atoms with van der Waals surface area (Å²) < 4.78 is 5.64. The molecule has 6 aliphatic rings. The molecule has 2 unspecified atom stereocenters. The smallest absolute Gasteiger partial charge is 0.321 e. The van der Waals surface area contributed by atoms with Gasteiger partial charge < -0.3 is 19.4 Å². The number of piperidine rings is 1. The summed E-state index contributed by atoms with van der Waals surface area (Å²) in [5.74, 6) is 1.53. The first-order valence-corrected chi connectivity index (χ1v) is 16.7. The van der Waals surface area contributed by atoms with Crippen LogP contribution in [0.1, 0.15) is 89.5 Å². The first kappa shape index (κ1) is 30.2. The largest absolute Gasteiger partial charge is 0.381 e. The van der Waals surface area contributed by atoms with Crippen LogP contribution in [0.25, 0.3) is 0 Å². The number of rotatable bonds is 6. The van der Waals surface area contributed by atoms with E-state index in [0.717, 1.165) is 77.9 Å². The summed E-state index contributed by atoms with van der Waals surface area (Å²) in [4.78, 5) is 37.0. The molecule has 6 fully saturated rings. The predicted octanol–water partition coefficient (Wildman–Crippen LogP) is 5.53. The van der Waals surface area contributed by atoms with Crippen molar-refractivity contribution in [2.45, 2.75) is 114 Å². The fraction of sp³-hybridized carbons (Fsp3) is 0.765. The summed E-state index contributed by atoms with van der Waals surface area (Å²) in [6, 6.07) is 12.8. The third kappa shape index (κ3) is 5.36. The van der Waals surface area contributed by atoms with Crippen LogP contribution in [-0.4, -0.2) is 101 Å². The Kier molecular flexibility index (Phi) is 8.83. The Morgan fingerprint density at radius 2 is 1.60 bits per heavy atom. The highest BCUT2D eigenvalue weighted by Crippen LogP contribution is 2.49. The van der Waals surface area contributed by atoms with E-state index >= 15 is 0 Å². The van der Waals surface area contributed by atoms with Crippen LogP contribution in [0, 0.1) is 11.8 Å². The average molecular weight is 599 g/mol. The van der Waals surface area contributed by atoms with Crippen LogP contribution >= 0.6 is 12.4 Å². The van der Waals surface area contributed by atoms with Crippen molar-refractivity contribution >= 4 is 24.3 Å². The van der Waals surface area contributed by atoms with Crippen molar-refractivity contribution in [3.05, 3.63) is 35.9 Å². The zero-order chi connectivity index (χ0) is 28.1. The Hall–Kier alpha value is -1.83. The fourth-order valence-corrected chi connectivity index (χ4v) is 9.91. The van der Waals surface area contributed by atoms with Crippen molar-refractivity contribution in [1.82, 2.24) is 19.6 Å². The molecule has 5 heterocycles. The van der Waals surface area contributed by atoms with Crippen molar-refractivity contribution in [3.63, 3.8) is 0 Å². The number of ether oxygens (including phenoxy) is 1. The number of carbonyl (C=O) groups excluding carboxylic acids is 2. The van der Waals surface area contributed by atoms with Crippen molar-refractivity contribution in [1.29, 1.82) is 0 Å². The van der Waals surface area contributed by atoms with Gasteiger partial charge in [0.2, 0.25) is 5.91 Å². The van der Waals surface area contributed by atoms with E-state index in [9.17, 15) is 9.59 Å². The predicted molar refractivity (Wildman–Crippen MR) is 167 cm³/mol. The van der Waals surface area contributed by atoms with Crippen molar-refractivity contribution in [3.8, 4) is 0 Å². The number of carbonyl (C=O) groups is 2. The van der Waals surface area contributed by atoms with E-state index in [0.29, 0.717) is 35.9 Å². The van der Waals surface area contributed by atoms with E-state index in [2.05, 4.69) is 63.8 Å². The second-order valence-corrected chi connectivity index (χ2v) is 14.4. The van der Waals surface area contributed by atoms with E-state index < -0.39 is 0 Å². The van der Waals surface area contributed by atoms with Gasteiger partial charge in [-0.2, -0.15) is 0 Å². The topological polar surface area (TPSA) is 56.3 Å². The monoisotopic (exact) mass is 598 g/mol. The molecule has 0 N–H and O–H groups in total. The van der Waals surface area contributed by atoms with E-state index in [1.165, 1.54) is 31.2 Å². The molecule has 1 aromatic carbocycles. The zero-order valence-electron chi connectivity index (χ0n) is 25.7. The SMILES string of the molecule is CC(C)N1C(=O)N(C2CCOCC2)CC12CC1CCC(C2)N1C[C@H]1CN(C(=O)C2CCCC2)C[C@@H]1c1ccccc1.Cl. The molecule has 5 saturated heterocycles. The Balaban J connectivity index is 0.00000316. The second-order valence-electron chi connectivity index (χ2n) is 14.4. The standard InChI is InChI=1S/C34H50N4O3.ClH/c1-24(2)38-33(40)37(28-14-16-41-17-15-28)23-34(38)18-29-12-13-30(19-34)36(29)21-27-20-35(32(39)26-10-6-7-11-26)22-31(27)25-8-4-3-5-9-25;/h3-5,8-9,24,26-31H,6-7,10-23H2,1-2H3;1H/t27-,29?,30?,31-,34?;/m1./s1. The molecule has 1 aliphatic carbocycles. The van der Waals surface area contributed by atoms with Gasteiger partial charge in [0.25, 0.3) is 0 Å². The summed E-state index contributed by atoms with van der Waals surface area (Å²) in [5.41, 5.74) is 1.34. The molecule has 0 radical (unpaired) electrons. The lowest BCUT2D eigenvalue weighted by Crippen LogP contribution is -2.60. The van der Waals surface area contributed by atoms with Crippen molar-refractivity contribution in [2.75, 3.05) is 39.4 Å². The summed E-state index contributed by atoms with van der Waals surface area (Å²) in [5, 5.41) is 0. The maximum Gasteiger partial charge on any atom is 0.321 e. The average Bonchev–Trinajstić information content (AvgIpc) is 3.76. The molecule has 5 aliphatic heterocycles. The quantitative estimate of drug-likeness (QED) is 0.432. The zero-order valence-corrected chi connectivity index (χ0v) is 26.5. The molecule has 8 heteroatoms.